The topological polar surface area (TPSA) is 170 Å². The van der Waals surface area contributed by atoms with E-state index in [0.29, 0.717) is 23.1 Å². The van der Waals surface area contributed by atoms with Crippen LogP contribution in [0.1, 0.15) is 66.6 Å². The first-order chi connectivity index (χ1) is 21.9. The molecule has 5 aromatic rings. The fourth-order valence-corrected chi connectivity index (χ4v) is 6.79. The van der Waals surface area contributed by atoms with Crippen molar-refractivity contribution in [1.82, 2.24) is 30.0 Å². The molecule has 0 radical (unpaired) electrons. The minimum absolute atomic E-state index is 0.0510. The molecule has 236 valence electrons. The molecule has 2 atom stereocenters. The zero-order chi connectivity index (χ0) is 32.6. The Morgan fingerprint density at radius 3 is 2.57 bits per heavy atom. The number of aromatic nitrogens is 5. The second kappa shape index (κ2) is 12.4. The Morgan fingerprint density at radius 2 is 1.80 bits per heavy atom. The number of fused-ring (bicyclic) bond motifs is 2. The van der Waals surface area contributed by atoms with Crippen LogP contribution in [0, 0.1) is 0 Å². The maximum atomic E-state index is 13.5. The highest BCUT2D eigenvalue weighted by atomic mass is 32.1. The highest BCUT2D eigenvalue weighted by Gasteiger charge is 2.36. The lowest BCUT2D eigenvalue weighted by atomic mass is 10.1. The highest BCUT2D eigenvalue weighted by Crippen LogP contribution is 2.34. The van der Waals surface area contributed by atoms with E-state index in [4.69, 9.17) is 4.74 Å². The Hall–Kier alpha value is -5.02. The van der Waals surface area contributed by atoms with Crippen molar-refractivity contribution in [3.05, 3.63) is 80.9 Å². The van der Waals surface area contributed by atoms with E-state index in [1.807, 2.05) is 43.3 Å². The van der Waals surface area contributed by atoms with Gasteiger partial charge in [0.15, 0.2) is 0 Å². The van der Waals surface area contributed by atoms with E-state index in [0.717, 1.165) is 31.9 Å². The largest absolute Gasteiger partial charge is 0.444 e. The fraction of sp³-hybridized carbons (Fsp3) is 0.290. The molecular formula is C31H30N8O5S2. The van der Waals surface area contributed by atoms with Crippen LogP contribution in [0.15, 0.2) is 59.7 Å². The number of hydrogen-bond donors (Lipinski definition) is 3. The van der Waals surface area contributed by atoms with E-state index in [1.54, 1.807) is 33.0 Å². The Bertz CT molecular complexity index is 2010. The van der Waals surface area contributed by atoms with Crippen LogP contribution in [-0.4, -0.2) is 48.2 Å². The molecule has 0 fully saturated rings. The third kappa shape index (κ3) is 6.65. The molecule has 1 aliphatic rings. The predicted octanol–water partition coefficient (Wildman–Crippen LogP) is 5.34. The summed E-state index contributed by atoms with van der Waals surface area (Å²) in [5.74, 6) is -0.236. The Labute approximate surface area is 271 Å². The van der Waals surface area contributed by atoms with Gasteiger partial charge >= 0.3 is 6.09 Å². The van der Waals surface area contributed by atoms with Gasteiger partial charge in [0.1, 0.15) is 34.0 Å². The SMILES string of the molecule is C[C@H]1C[C@@H](C(=O)NCc2cc3cnc(NC(=O)OC(C)(C)C)cc3s2)n2c1ncc(NC(=O)c1nnc(-c3ccccc3)s1)c2=O. The van der Waals surface area contributed by atoms with Gasteiger partial charge < -0.3 is 15.4 Å². The van der Waals surface area contributed by atoms with E-state index >= 15 is 0 Å². The summed E-state index contributed by atoms with van der Waals surface area (Å²) in [6.07, 6.45) is 2.75. The van der Waals surface area contributed by atoms with Gasteiger partial charge in [-0.1, -0.05) is 48.6 Å². The maximum Gasteiger partial charge on any atom is 0.413 e. The molecule has 13 nitrogen and oxygen atoms in total. The summed E-state index contributed by atoms with van der Waals surface area (Å²) in [4.78, 5) is 61.6. The molecule has 4 aromatic heterocycles. The van der Waals surface area contributed by atoms with E-state index in [1.165, 1.54) is 22.1 Å². The van der Waals surface area contributed by atoms with Gasteiger partial charge in [-0.15, -0.1) is 21.5 Å². The molecule has 0 unspecified atom stereocenters. The van der Waals surface area contributed by atoms with Crippen molar-refractivity contribution in [1.29, 1.82) is 0 Å². The Balaban J connectivity index is 1.13. The van der Waals surface area contributed by atoms with Crippen molar-refractivity contribution in [3.63, 3.8) is 0 Å². The van der Waals surface area contributed by atoms with E-state index < -0.39 is 29.2 Å². The summed E-state index contributed by atoms with van der Waals surface area (Å²) in [7, 11) is 0. The molecule has 15 heteroatoms. The highest BCUT2D eigenvalue weighted by molar-refractivity contribution is 7.19. The van der Waals surface area contributed by atoms with Crippen molar-refractivity contribution in [2.45, 2.75) is 58.2 Å². The van der Waals surface area contributed by atoms with Crippen LogP contribution in [0.4, 0.5) is 16.3 Å². The maximum absolute atomic E-state index is 13.5. The Kier molecular flexibility index (Phi) is 8.35. The minimum atomic E-state index is -0.797. The summed E-state index contributed by atoms with van der Waals surface area (Å²) in [6, 6.07) is 12.2. The van der Waals surface area contributed by atoms with Gasteiger partial charge in [-0.05, 0) is 39.3 Å². The van der Waals surface area contributed by atoms with Crippen molar-refractivity contribution in [2.24, 2.45) is 0 Å². The lowest BCUT2D eigenvalue weighted by molar-refractivity contribution is -0.124. The smallest absolute Gasteiger partial charge is 0.413 e. The zero-order valence-corrected chi connectivity index (χ0v) is 27.0. The van der Waals surface area contributed by atoms with Crippen LogP contribution in [0.3, 0.4) is 0 Å². The second-order valence-corrected chi connectivity index (χ2v) is 13.9. The first-order valence-corrected chi connectivity index (χ1v) is 16.1. The number of hydrogen-bond acceptors (Lipinski definition) is 11. The number of nitrogens with one attached hydrogen (secondary N) is 3. The standard InChI is InChI=1S/C31H30N8O5S2/c1-16-10-21(25(40)34-14-19-11-18-13-32-23(12-22(18)45-19)36-30(43)44-31(2,3)4)39-24(16)33-15-20(29(39)42)35-26(41)28-38-37-27(46-28)17-8-6-5-7-9-17/h5-9,11-13,15-16,21H,10,14H2,1-4H3,(H,34,40)(H,35,41)(H,32,36,43)/t16-,21-/m0/s1. The van der Waals surface area contributed by atoms with Crippen LogP contribution < -0.4 is 21.5 Å². The van der Waals surface area contributed by atoms with Crippen LogP contribution in [0.5, 0.6) is 0 Å². The van der Waals surface area contributed by atoms with Crippen LogP contribution in [0.25, 0.3) is 20.7 Å². The quantitative estimate of drug-likeness (QED) is 0.209. The van der Waals surface area contributed by atoms with Crippen molar-refractivity contribution < 1.29 is 19.1 Å². The molecular weight excluding hydrogens is 629 g/mol. The van der Waals surface area contributed by atoms with E-state index in [-0.39, 0.29) is 29.1 Å². The lowest BCUT2D eigenvalue weighted by Crippen LogP contribution is -2.36. The summed E-state index contributed by atoms with van der Waals surface area (Å²) in [6.45, 7) is 7.47. The van der Waals surface area contributed by atoms with Crippen LogP contribution in [-0.2, 0) is 16.1 Å². The summed E-state index contributed by atoms with van der Waals surface area (Å²) >= 11 is 2.55. The molecule has 6 rings (SSSR count). The number of rotatable bonds is 7. The van der Waals surface area contributed by atoms with Crippen molar-refractivity contribution in [3.8, 4) is 10.6 Å². The number of pyridine rings is 1. The lowest BCUT2D eigenvalue weighted by Gasteiger charge is -2.19. The van der Waals surface area contributed by atoms with Gasteiger partial charge in [-0.2, -0.15) is 0 Å². The number of carbonyl (C=O) groups excluding carboxylic acids is 3. The summed E-state index contributed by atoms with van der Waals surface area (Å²) in [5, 5.41) is 17.8. The van der Waals surface area contributed by atoms with Gasteiger partial charge in [-0.3, -0.25) is 24.3 Å². The number of carbonyl (C=O) groups is 3. The number of amides is 3. The van der Waals surface area contributed by atoms with E-state index in [9.17, 15) is 19.2 Å². The Morgan fingerprint density at radius 1 is 1.02 bits per heavy atom. The van der Waals surface area contributed by atoms with Crippen molar-refractivity contribution >= 4 is 62.2 Å². The molecule has 0 saturated carbocycles. The normalized spacial score (nSPS) is 15.7. The molecule has 1 aliphatic heterocycles. The molecule has 3 amide bonds. The minimum Gasteiger partial charge on any atom is -0.444 e. The first kappa shape index (κ1) is 31.0. The first-order valence-electron chi connectivity index (χ1n) is 14.4. The molecule has 0 bridgehead atoms. The van der Waals surface area contributed by atoms with Gasteiger partial charge in [0.25, 0.3) is 11.5 Å². The average molecular weight is 659 g/mol. The van der Waals surface area contributed by atoms with Gasteiger partial charge in [0.05, 0.1) is 12.7 Å². The third-order valence-electron chi connectivity index (χ3n) is 7.06. The number of ether oxygens (including phenoxy) is 1. The number of anilines is 2. The fourth-order valence-electron chi connectivity index (χ4n) is 5.04. The monoisotopic (exact) mass is 658 g/mol. The van der Waals surface area contributed by atoms with Gasteiger partial charge in [0, 0.05) is 32.6 Å². The van der Waals surface area contributed by atoms with Crippen LogP contribution in [0.2, 0.25) is 0 Å². The summed E-state index contributed by atoms with van der Waals surface area (Å²) in [5.41, 5.74) is -0.379. The molecule has 3 N–H and O–H groups in total. The molecule has 0 saturated heterocycles. The van der Waals surface area contributed by atoms with Crippen molar-refractivity contribution in [2.75, 3.05) is 10.6 Å². The van der Waals surface area contributed by atoms with E-state index in [2.05, 4.69) is 36.1 Å². The molecule has 46 heavy (non-hydrogen) atoms. The third-order valence-corrected chi connectivity index (χ3v) is 9.13. The number of thiophene rings is 1. The second-order valence-electron chi connectivity index (χ2n) is 11.8. The number of nitrogens with zero attached hydrogens (tertiary/aromatic N) is 5. The number of benzene rings is 1. The zero-order valence-electron chi connectivity index (χ0n) is 25.4. The molecule has 0 aliphatic carbocycles. The molecule has 5 heterocycles. The average Bonchev–Trinajstić information content (AvgIpc) is 3.74. The molecule has 1 aromatic carbocycles. The van der Waals surface area contributed by atoms with Gasteiger partial charge in [0.2, 0.25) is 10.9 Å². The van der Waals surface area contributed by atoms with Crippen LogP contribution >= 0.6 is 22.7 Å². The van der Waals surface area contributed by atoms with Gasteiger partial charge in [-0.25, -0.2) is 14.8 Å². The predicted molar refractivity (Wildman–Crippen MR) is 175 cm³/mol. The molecule has 0 spiro atoms. The summed E-state index contributed by atoms with van der Waals surface area (Å²) < 4.78 is 7.52.